The molecule has 0 fully saturated rings. The summed E-state index contributed by atoms with van der Waals surface area (Å²) in [5.41, 5.74) is 1.27. The van der Waals surface area contributed by atoms with Crippen LogP contribution in [-0.2, 0) is 16.5 Å². The number of nitrogens with zero attached hydrogens (tertiary/aromatic N) is 1. The number of rotatable bonds is 11. The molecule has 0 spiro atoms. The SMILES string of the molecule is CCCCc1cc(/C=C/c2ccc(OC)c(OC)c2)n(OS(=O)(=O)c2ccc(OC)cc2)c(=O)c1. The van der Waals surface area contributed by atoms with Crippen molar-refractivity contribution >= 4 is 22.3 Å². The van der Waals surface area contributed by atoms with Gasteiger partial charge in [0.15, 0.2) is 11.5 Å². The van der Waals surface area contributed by atoms with Crippen molar-refractivity contribution in [2.45, 2.75) is 31.1 Å². The first-order chi connectivity index (χ1) is 16.8. The van der Waals surface area contributed by atoms with Crippen LogP contribution >= 0.6 is 0 Å². The molecule has 0 atom stereocenters. The lowest BCUT2D eigenvalue weighted by atomic mass is 10.1. The Hall–Kier alpha value is -3.72. The molecule has 0 amide bonds. The van der Waals surface area contributed by atoms with E-state index >= 15 is 0 Å². The molecule has 1 heterocycles. The lowest BCUT2D eigenvalue weighted by Crippen LogP contribution is -2.32. The van der Waals surface area contributed by atoms with Crippen LogP contribution in [0.2, 0.25) is 0 Å². The zero-order valence-corrected chi connectivity index (χ0v) is 21.0. The highest BCUT2D eigenvalue weighted by Gasteiger charge is 2.20. The molecule has 1 aromatic heterocycles. The van der Waals surface area contributed by atoms with Crippen LogP contribution in [0.4, 0.5) is 0 Å². The van der Waals surface area contributed by atoms with Gasteiger partial charge in [-0.2, -0.15) is 8.42 Å². The number of aryl methyl sites for hydroxylation is 1. The summed E-state index contributed by atoms with van der Waals surface area (Å²) in [6, 6.07) is 14.2. The van der Waals surface area contributed by atoms with Crippen molar-refractivity contribution in [2.24, 2.45) is 0 Å². The number of hydrogen-bond donors (Lipinski definition) is 0. The topological polar surface area (TPSA) is 93.1 Å². The zero-order chi connectivity index (χ0) is 25.4. The highest BCUT2D eigenvalue weighted by atomic mass is 32.2. The van der Waals surface area contributed by atoms with Gasteiger partial charge in [0.05, 0.1) is 27.0 Å². The maximum absolute atomic E-state index is 12.9. The van der Waals surface area contributed by atoms with E-state index in [0.717, 1.165) is 28.7 Å². The van der Waals surface area contributed by atoms with Gasteiger partial charge in [-0.1, -0.05) is 25.5 Å². The number of ether oxygens (including phenoxy) is 3. The predicted octanol–water partition coefficient (Wildman–Crippen LogP) is 4.20. The minimum absolute atomic E-state index is 0.102. The maximum Gasteiger partial charge on any atom is 0.357 e. The third kappa shape index (κ3) is 6.45. The van der Waals surface area contributed by atoms with Crippen LogP contribution in [0.1, 0.15) is 36.6 Å². The van der Waals surface area contributed by atoms with Gasteiger partial charge in [-0.15, -0.1) is 4.73 Å². The Morgan fingerprint density at radius 3 is 2.20 bits per heavy atom. The van der Waals surface area contributed by atoms with E-state index in [2.05, 4.69) is 6.92 Å². The average Bonchev–Trinajstić information content (AvgIpc) is 2.87. The number of aromatic nitrogens is 1. The Bertz CT molecular complexity index is 1340. The number of pyridine rings is 1. The second-order valence-electron chi connectivity index (χ2n) is 7.68. The van der Waals surface area contributed by atoms with Gasteiger partial charge in [-0.05, 0) is 72.5 Å². The van der Waals surface area contributed by atoms with E-state index in [1.165, 1.54) is 44.6 Å². The maximum atomic E-state index is 12.9. The first-order valence-corrected chi connectivity index (χ1v) is 12.5. The predicted molar refractivity (Wildman–Crippen MR) is 135 cm³/mol. The normalized spacial score (nSPS) is 11.4. The molecule has 3 aromatic rings. The van der Waals surface area contributed by atoms with Gasteiger partial charge < -0.3 is 14.2 Å². The second kappa shape index (κ2) is 11.6. The Morgan fingerprint density at radius 1 is 0.857 bits per heavy atom. The molecule has 186 valence electrons. The molecule has 9 heteroatoms. The third-order valence-electron chi connectivity index (χ3n) is 5.27. The van der Waals surface area contributed by atoms with Crippen LogP contribution in [0.3, 0.4) is 0 Å². The van der Waals surface area contributed by atoms with Gasteiger partial charge in [0, 0.05) is 6.07 Å². The van der Waals surface area contributed by atoms with Crippen LogP contribution in [0.25, 0.3) is 12.2 Å². The Labute approximate surface area is 205 Å². The standard InChI is InChI=1S/C26H29NO7S/c1-5-6-7-20-16-21(10-8-19-9-15-24(32-3)25(17-19)33-4)27(26(28)18-20)34-35(29,30)23-13-11-22(31-2)12-14-23/h8-18H,5-7H2,1-4H3/b10-8+. The molecule has 35 heavy (non-hydrogen) atoms. The molecular formula is C26H29NO7S. The van der Waals surface area contributed by atoms with Gasteiger partial charge in [0.1, 0.15) is 10.6 Å². The van der Waals surface area contributed by atoms with Crippen LogP contribution < -0.4 is 24.1 Å². The highest BCUT2D eigenvalue weighted by molar-refractivity contribution is 7.87. The summed E-state index contributed by atoms with van der Waals surface area (Å²) in [6.45, 7) is 2.06. The first kappa shape index (κ1) is 25.9. The third-order valence-corrected chi connectivity index (χ3v) is 6.47. The average molecular weight is 500 g/mol. The fourth-order valence-corrected chi connectivity index (χ4v) is 4.29. The van der Waals surface area contributed by atoms with Gasteiger partial charge in [0.25, 0.3) is 5.56 Å². The van der Waals surface area contributed by atoms with Gasteiger partial charge in [-0.25, -0.2) is 0 Å². The fraction of sp³-hybridized carbons (Fsp3) is 0.269. The molecule has 0 aliphatic heterocycles. The number of unbranched alkanes of at least 4 members (excludes halogenated alkanes) is 1. The molecule has 0 saturated heterocycles. The molecule has 0 aliphatic carbocycles. The molecule has 8 nitrogen and oxygen atoms in total. The van der Waals surface area contributed by atoms with Crippen molar-refractivity contribution < 1.29 is 26.9 Å². The van der Waals surface area contributed by atoms with Crippen molar-refractivity contribution in [3.05, 3.63) is 81.8 Å². The summed E-state index contributed by atoms with van der Waals surface area (Å²) in [5.74, 6) is 1.62. The second-order valence-corrected chi connectivity index (χ2v) is 9.21. The van der Waals surface area contributed by atoms with E-state index in [1.54, 1.807) is 37.5 Å². The molecular weight excluding hydrogens is 470 g/mol. The Kier molecular flexibility index (Phi) is 8.59. The molecule has 0 aliphatic rings. The molecule has 0 bridgehead atoms. The zero-order valence-electron chi connectivity index (χ0n) is 20.2. The Morgan fingerprint density at radius 2 is 1.57 bits per heavy atom. The van der Waals surface area contributed by atoms with E-state index in [-0.39, 0.29) is 10.6 Å². The summed E-state index contributed by atoms with van der Waals surface area (Å²) in [7, 11) is 0.294. The summed E-state index contributed by atoms with van der Waals surface area (Å²) in [6.07, 6.45) is 5.91. The lowest BCUT2D eigenvalue weighted by molar-refractivity contribution is 0.264. The highest BCUT2D eigenvalue weighted by Crippen LogP contribution is 2.28. The van der Waals surface area contributed by atoms with E-state index in [9.17, 15) is 13.2 Å². The quantitative estimate of drug-likeness (QED) is 0.390. The smallest absolute Gasteiger partial charge is 0.357 e. The molecule has 0 N–H and O–H groups in total. The monoisotopic (exact) mass is 499 g/mol. The minimum Gasteiger partial charge on any atom is -0.497 e. The number of hydrogen-bond acceptors (Lipinski definition) is 7. The molecule has 0 saturated carbocycles. The van der Waals surface area contributed by atoms with E-state index in [1.807, 2.05) is 6.07 Å². The van der Waals surface area contributed by atoms with Crippen molar-refractivity contribution in [3.8, 4) is 17.2 Å². The van der Waals surface area contributed by atoms with Gasteiger partial charge in [0.2, 0.25) is 0 Å². The van der Waals surface area contributed by atoms with Crippen LogP contribution in [0, 0.1) is 0 Å². The van der Waals surface area contributed by atoms with E-state index in [0.29, 0.717) is 23.7 Å². The van der Waals surface area contributed by atoms with E-state index < -0.39 is 15.7 Å². The lowest BCUT2D eigenvalue weighted by Gasteiger charge is -2.13. The molecule has 0 radical (unpaired) electrons. The summed E-state index contributed by atoms with van der Waals surface area (Å²) < 4.78 is 47.6. The molecule has 2 aromatic carbocycles. The van der Waals surface area contributed by atoms with Gasteiger partial charge >= 0.3 is 10.1 Å². The van der Waals surface area contributed by atoms with E-state index in [4.69, 9.17) is 18.5 Å². The van der Waals surface area contributed by atoms with Crippen LogP contribution in [0.15, 0.2) is 64.3 Å². The number of methoxy groups -OCH3 is 3. The van der Waals surface area contributed by atoms with Crippen molar-refractivity contribution in [2.75, 3.05) is 21.3 Å². The molecule has 0 unspecified atom stereocenters. The van der Waals surface area contributed by atoms with Crippen molar-refractivity contribution in [1.82, 2.24) is 4.73 Å². The largest absolute Gasteiger partial charge is 0.497 e. The fourth-order valence-electron chi connectivity index (χ4n) is 3.38. The summed E-state index contributed by atoms with van der Waals surface area (Å²) in [4.78, 5) is 12.8. The van der Waals surface area contributed by atoms with Crippen molar-refractivity contribution in [3.63, 3.8) is 0 Å². The summed E-state index contributed by atoms with van der Waals surface area (Å²) in [5, 5.41) is 0. The summed E-state index contributed by atoms with van der Waals surface area (Å²) >= 11 is 0. The number of benzene rings is 2. The van der Waals surface area contributed by atoms with Crippen molar-refractivity contribution in [1.29, 1.82) is 0 Å². The van der Waals surface area contributed by atoms with Crippen LogP contribution in [0.5, 0.6) is 17.2 Å². The first-order valence-electron chi connectivity index (χ1n) is 11.1. The minimum atomic E-state index is -4.28. The van der Waals surface area contributed by atoms with Crippen LogP contribution in [-0.4, -0.2) is 34.5 Å². The Balaban J connectivity index is 2.02. The molecule has 3 rings (SSSR count). The van der Waals surface area contributed by atoms with Gasteiger partial charge in [-0.3, -0.25) is 9.08 Å².